The Morgan fingerprint density at radius 2 is 1.70 bits per heavy atom. The molecule has 0 bridgehead atoms. The van der Waals surface area contributed by atoms with Gasteiger partial charge in [-0.15, -0.1) is 0 Å². The van der Waals surface area contributed by atoms with E-state index in [4.69, 9.17) is 10.2 Å². The molecule has 170 valence electrons. The highest BCUT2D eigenvalue weighted by atomic mass is 16.4. The first kappa shape index (κ1) is 25.3. The molecule has 11 heteroatoms. The summed E-state index contributed by atoms with van der Waals surface area (Å²) in [6, 6.07) is -3.75. The highest BCUT2D eigenvalue weighted by Gasteiger charge is 2.33. The molecule has 1 fully saturated rings. The lowest BCUT2D eigenvalue weighted by Gasteiger charge is -2.27. The number of carbonyl (C=O) groups excluding carboxylic acids is 3. The summed E-state index contributed by atoms with van der Waals surface area (Å²) in [6.07, 6.45) is 1.49. The van der Waals surface area contributed by atoms with E-state index >= 15 is 0 Å². The van der Waals surface area contributed by atoms with Gasteiger partial charge in [-0.25, -0.2) is 0 Å². The minimum atomic E-state index is -1.26. The molecule has 1 aliphatic rings. The monoisotopic (exact) mass is 428 g/mol. The molecule has 5 unspecified atom stereocenters. The summed E-state index contributed by atoms with van der Waals surface area (Å²) in [7, 11) is 0. The number of carboxylic acid groups (broad SMARTS) is 2. The summed E-state index contributed by atoms with van der Waals surface area (Å²) in [6.45, 7) is 5.62. The van der Waals surface area contributed by atoms with Gasteiger partial charge in [0.15, 0.2) is 0 Å². The van der Waals surface area contributed by atoms with Crippen molar-refractivity contribution < 1.29 is 34.2 Å². The third-order valence-corrected chi connectivity index (χ3v) is 5.18. The Balaban J connectivity index is 2.90. The molecule has 30 heavy (non-hydrogen) atoms. The van der Waals surface area contributed by atoms with E-state index in [1.54, 1.807) is 6.92 Å². The smallest absolute Gasteiger partial charge is 0.325 e. The van der Waals surface area contributed by atoms with E-state index < -0.39 is 48.3 Å². The van der Waals surface area contributed by atoms with Gasteiger partial charge in [-0.1, -0.05) is 20.3 Å². The van der Waals surface area contributed by atoms with Gasteiger partial charge in [-0.2, -0.15) is 0 Å². The molecule has 0 radical (unpaired) electrons. The lowest BCUT2D eigenvalue weighted by Crippen LogP contribution is -2.58. The van der Waals surface area contributed by atoms with Crippen molar-refractivity contribution in [2.75, 3.05) is 6.54 Å². The maximum absolute atomic E-state index is 12.9. The van der Waals surface area contributed by atoms with Gasteiger partial charge < -0.3 is 31.5 Å². The number of amides is 3. The minimum absolute atomic E-state index is 0.218. The van der Waals surface area contributed by atoms with Crippen LogP contribution in [0.4, 0.5) is 0 Å². The van der Waals surface area contributed by atoms with E-state index in [0.29, 0.717) is 12.8 Å². The van der Waals surface area contributed by atoms with Gasteiger partial charge in [-0.05, 0) is 38.6 Å². The highest BCUT2D eigenvalue weighted by Crippen LogP contribution is 2.12. The van der Waals surface area contributed by atoms with Crippen molar-refractivity contribution in [3.63, 3.8) is 0 Å². The zero-order chi connectivity index (χ0) is 22.8. The lowest BCUT2D eigenvalue weighted by molar-refractivity contribution is -0.142. The molecular weight excluding hydrogens is 396 g/mol. The van der Waals surface area contributed by atoms with E-state index in [0.717, 1.165) is 13.0 Å². The van der Waals surface area contributed by atoms with Gasteiger partial charge in [-0.3, -0.25) is 24.0 Å². The van der Waals surface area contributed by atoms with Gasteiger partial charge in [0.2, 0.25) is 17.7 Å². The maximum atomic E-state index is 12.9. The van der Waals surface area contributed by atoms with E-state index in [1.165, 1.54) is 6.92 Å². The number of hydrogen-bond acceptors (Lipinski definition) is 6. The minimum Gasteiger partial charge on any atom is -0.481 e. The standard InChI is InChI=1S/C19H32N4O7/c1-4-10(2)15(23-16(26)12-6-5-9-20-12)18(28)22-13(7-8-14(24)25)17(27)21-11(3)19(29)30/h10-13,15,20H,4-9H2,1-3H3,(H,21,27)(H,22,28)(H,23,26)(H,24,25)(H,29,30). The Bertz CT molecular complexity index is 649. The van der Waals surface area contributed by atoms with Gasteiger partial charge in [0.25, 0.3) is 0 Å². The predicted octanol–water partition coefficient (Wildman–Crippen LogP) is -0.792. The normalized spacial score (nSPS) is 19.8. The van der Waals surface area contributed by atoms with Crippen molar-refractivity contribution >= 4 is 29.7 Å². The molecule has 0 spiro atoms. The molecule has 0 aromatic carbocycles. The van der Waals surface area contributed by atoms with Crippen LogP contribution in [-0.4, -0.2) is 70.6 Å². The SMILES string of the molecule is CCC(C)C(NC(=O)C1CCCN1)C(=O)NC(CCC(=O)O)C(=O)NC(C)C(=O)O. The quantitative estimate of drug-likeness (QED) is 0.234. The predicted molar refractivity (Wildman–Crippen MR) is 106 cm³/mol. The van der Waals surface area contributed by atoms with E-state index in [-0.39, 0.29) is 24.3 Å². The van der Waals surface area contributed by atoms with Crippen LogP contribution in [0.2, 0.25) is 0 Å². The Labute approximate surface area is 175 Å². The Morgan fingerprint density at radius 1 is 1.03 bits per heavy atom. The molecule has 3 amide bonds. The van der Waals surface area contributed by atoms with Gasteiger partial charge >= 0.3 is 11.9 Å². The van der Waals surface area contributed by atoms with Gasteiger partial charge in [0, 0.05) is 6.42 Å². The van der Waals surface area contributed by atoms with Crippen molar-refractivity contribution in [1.82, 2.24) is 21.3 Å². The fourth-order valence-electron chi connectivity index (χ4n) is 3.04. The van der Waals surface area contributed by atoms with Crippen molar-refractivity contribution in [2.24, 2.45) is 5.92 Å². The first-order chi connectivity index (χ1) is 14.1. The maximum Gasteiger partial charge on any atom is 0.325 e. The van der Waals surface area contributed by atoms with Crippen LogP contribution in [-0.2, 0) is 24.0 Å². The number of nitrogens with one attached hydrogen (secondary N) is 4. The van der Waals surface area contributed by atoms with Crippen LogP contribution >= 0.6 is 0 Å². The Hall–Kier alpha value is -2.69. The highest BCUT2D eigenvalue weighted by molar-refractivity contribution is 5.94. The molecule has 0 aliphatic carbocycles. The molecule has 1 rings (SSSR count). The van der Waals surface area contributed by atoms with Crippen LogP contribution in [0.25, 0.3) is 0 Å². The second-order valence-corrected chi connectivity index (χ2v) is 7.58. The van der Waals surface area contributed by atoms with E-state index in [1.807, 2.05) is 6.92 Å². The average molecular weight is 428 g/mol. The third kappa shape index (κ3) is 7.97. The number of hydrogen-bond donors (Lipinski definition) is 6. The summed E-state index contributed by atoms with van der Waals surface area (Å²) in [5.41, 5.74) is 0. The number of aliphatic carboxylic acids is 2. The van der Waals surface area contributed by atoms with Crippen molar-refractivity contribution in [3.05, 3.63) is 0 Å². The average Bonchev–Trinajstić information content (AvgIpc) is 3.22. The summed E-state index contributed by atoms with van der Waals surface area (Å²) >= 11 is 0. The summed E-state index contributed by atoms with van der Waals surface area (Å²) in [4.78, 5) is 59.7. The molecule has 6 N–H and O–H groups in total. The van der Waals surface area contributed by atoms with Crippen LogP contribution < -0.4 is 21.3 Å². The fourth-order valence-corrected chi connectivity index (χ4v) is 3.04. The van der Waals surface area contributed by atoms with Gasteiger partial charge in [0.1, 0.15) is 18.1 Å². The van der Waals surface area contributed by atoms with E-state index in [2.05, 4.69) is 21.3 Å². The largest absolute Gasteiger partial charge is 0.481 e. The summed E-state index contributed by atoms with van der Waals surface area (Å²) in [5, 5.41) is 28.4. The van der Waals surface area contributed by atoms with Crippen LogP contribution in [0, 0.1) is 5.92 Å². The lowest BCUT2D eigenvalue weighted by atomic mass is 9.97. The second kappa shape index (κ2) is 12.1. The molecule has 11 nitrogen and oxygen atoms in total. The van der Waals surface area contributed by atoms with Gasteiger partial charge in [0.05, 0.1) is 6.04 Å². The molecule has 1 aliphatic heterocycles. The molecule has 0 aromatic rings. The van der Waals surface area contributed by atoms with Crippen molar-refractivity contribution in [3.8, 4) is 0 Å². The van der Waals surface area contributed by atoms with Crippen LogP contribution in [0.5, 0.6) is 0 Å². The van der Waals surface area contributed by atoms with Crippen molar-refractivity contribution in [1.29, 1.82) is 0 Å². The number of rotatable bonds is 12. The van der Waals surface area contributed by atoms with Crippen LogP contribution in [0.15, 0.2) is 0 Å². The fraction of sp³-hybridized carbons (Fsp3) is 0.737. The number of carbonyl (C=O) groups is 5. The first-order valence-electron chi connectivity index (χ1n) is 10.2. The summed E-state index contributed by atoms with van der Waals surface area (Å²) < 4.78 is 0. The van der Waals surface area contributed by atoms with Crippen molar-refractivity contribution in [2.45, 2.75) is 77.0 Å². The molecule has 1 saturated heterocycles. The summed E-state index contributed by atoms with van der Waals surface area (Å²) in [5.74, 6) is -4.39. The third-order valence-electron chi connectivity index (χ3n) is 5.18. The van der Waals surface area contributed by atoms with Crippen LogP contribution in [0.1, 0.15) is 52.9 Å². The molecule has 0 aromatic heterocycles. The Kier molecular flexibility index (Phi) is 10.2. The van der Waals surface area contributed by atoms with Crippen LogP contribution in [0.3, 0.4) is 0 Å². The molecule has 1 heterocycles. The first-order valence-corrected chi connectivity index (χ1v) is 10.2. The molecule has 0 saturated carbocycles. The number of carboxylic acids is 2. The topological polar surface area (TPSA) is 174 Å². The van der Waals surface area contributed by atoms with E-state index in [9.17, 15) is 24.0 Å². The zero-order valence-electron chi connectivity index (χ0n) is 17.6. The zero-order valence-corrected chi connectivity index (χ0v) is 17.6. The Morgan fingerprint density at radius 3 is 2.20 bits per heavy atom. The molecule has 5 atom stereocenters. The molecular formula is C19H32N4O7. The second-order valence-electron chi connectivity index (χ2n) is 7.58.